The molecule has 1 aromatic heterocycles. The summed E-state index contributed by atoms with van der Waals surface area (Å²) in [6.45, 7) is 8.56. The van der Waals surface area contributed by atoms with E-state index in [1.54, 1.807) is 17.7 Å². The summed E-state index contributed by atoms with van der Waals surface area (Å²) in [6, 6.07) is 8.04. The molecule has 2 aromatic rings. The van der Waals surface area contributed by atoms with E-state index < -0.39 is 0 Å². The minimum Gasteiger partial charge on any atom is -0.377 e. The van der Waals surface area contributed by atoms with Crippen molar-refractivity contribution in [1.29, 1.82) is 0 Å². The third-order valence-corrected chi connectivity index (χ3v) is 3.64. The Morgan fingerprint density at radius 3 is 2.25 bits per heavy atom. The Morgan fingerprint density at radius 2 is 1.70 bits per heavy atom. The van der Waals surface area contributed by atoms with Crippen molar-refractivity contribution in [3.63, 3.8) is 0 Å². The lowest BCUT2D eigenvalue weighted by atomic mass is 9.95. The summed E-state index contributed by atoms with van der Waals surface area (Å²) >= 11 is 0. The first-order chi connectivity index (χ1) is 9.38. The summed E-state index contributed by atoms with van der Waals surface area (Å²) in [7, 11) is 1.76. The minimum absolute atomic E-state index is 0.00546. The molecule has 0 saturated carbocycles. The summed E-state index contributed by atoms with van der Waals surface area (Å²) < 4.78 is 1.59. The van der Waals surface area contributed by atoms with E-state index in [2.05, 4.69) is 45.1 Å². The second kappa shape index (κ2) is 5.53. The molecule has 3 nitrogen and oxygen atoms in total. The maximum atomic E-state index is 11.4. The fraction of sp³-hybridized carbons (Fsp3) is 0.353. The van der Waals surface area contributed by atoms with Gasteiger partial charge in [0.15, 0.2) is 0 Å². The molecule has 0 radical (unpaired) electrons. The number of rotatable bonds is 3. The van der Waals surface area contributed by atoms with Crippen LogP contribution in [0.4, 0.5) is 5.69 Å². The van der Waals surface area contributed by atoms with Crippen LogP contribution in [0.1, 0.15) is 35.2 Å². The van der Waals surface area contributed by atoms with Crippen LogP contribution < -0.4 is 10.9 Å². The van der Waals surface area contributed by atoms with Crippen LogP contribution in [-0.4, -0.2) is 4.57 Å². The number of pyridine rings is 1. The van der Waals surface area contributed by atoms with E-state index in [9.17, 15) is 4.79 Å². The summed E-state index contributed by atoms with van der Waals surface area (Å²) in [5.74, 6) is 0. The third kappa shape index (κ3) is 2.93. The van der Waals surface area contributed by atoms with Gasteiger partial charge in [-0.1, -0.05) is 17.7 Å². The molecule has 20 heavy (non-hydrogen) atoms. The van der Waals surface area contributed by atoms with Gasteiger partial charge < -0.3 is 9.88 Å². The second-order valence-corrected chi connectivity index (χ2v) is 5.55. The average Bonchev–Trinajstić information content (AvgIpc) is 2.32. The molecule has 0 bridgehead atoms. The highest BCUT2D eigenvalue weighted by Crippen LogP contribution is 2.26. The largest absolute Gasteiger partial charge is 0.377 e. The topological polar surface area (TPSA) is 34.0 Å². The van der Waals surface area contributed by atoms with Crippen molar-refractivity contribution in [2.75, 3.05) is 5.32 Å². The second-order valence-electron chi connectivity index (χ2n) is 5.55. The van der Waals surface area contributed by atoms with Crippen LogP contribution >= 0.6 is 0 Å². The number of hydrogen-bond donors (Lipinski definition) is 1. The zero-order valence-electron chi connectivity index (χ0n) is 12.8. The van der Waals surface area contributed by atoms with E-state index in [0.717, 1.165) is 5.69 Å². The fourth-order valence-corrected chi connectivity index (χ4v) is 2.88. The molecule has 1 atom stereocenters. The molecule has 106 valence electrons. The van der Waals surface area contributed by atoms with Gasteiger partial charge in [0, 0.05) is 25.4 Å². The van der Waals surface area contributed by atoms with Gasteiger partial charge in [0.05, 0.1) is 5.69 Å². The Balaban J connectivity index is 2.30. The maximum Gasteiger partial charge on any atom is 0.250 e. The van der Waals surface area contributed by atoms with Gasteiger partial charge in [0.1, 0.15) is 0 Å². The number of hydrogen-bond acceptors (Lipinski definition) is 2. The molecule has 3 heteroatoms. The molecular weight excluding hydrogens is 248 g/mol. The van der Waals surface area contributed by atoms with Gasteiger partial charge >= 0.3 is 0 Å². The molecule has 2 rings (SSSR count). The lowest BCUT2D eigenvalue weighted by Gasteiger charge is -2.21. The Morgan fingerprint density at radius 1 is 1.10 bits per heavy atom. The van der Waals surface area contributed by atoms with Gasteiger partial charge in [0.2, 0.25) is 5.56 Å². The van der Waals surface area contributed by atoms with Gasteiger partial charge in [0.25, 0.3) is 0 Å². The molecule has 0 amide bonds. The standard InChI is InChI=1S/C17H22N2O/c1-11-8-12(2)17(13(3)9-11)14(4)18-15-6-7-16(20)19(5)10-15/h6-10,14,18H,1-5H3. The highest BCUT2D eigenvalue weighted by Gasteiger charge is 2.12. The van der Waals surface area contributed by atoms with Crippen LogP contribution in [0.3, 0.4) is 0 Å². The van der Waals surface area contributed by atoms with Crippen LogP contribution in [0.2, 0.25) is 0 Å². The zero-order valence-corrected chi connectivity index (χ0v) is 12.8. The van der Waals surface area contributed by atoms with Crippen LogP contribution in [0.15, 0.2) is 35.3 Å². The van der Waals surface area contributed by atoms with E-state index >= 15 is 0 Å². The molecular formula is C17H22N2O. The van der Waals surface area contributed by atoms with E-state index in [1.165, 1.54) is 22.3 Å². The molecule has 1 N–H and O–H groups in total. The lowest BCUT2D eigenvalue weighted by Crippen LogP contribution is -2.17. The van der Waals surface area contributed by atoms with Crippen LogP contribution in [0.25, 0.3) is 0 Å². The van der Waals surface area contributed by atoms with Gasteiger partial charge in [-0.2, -0.15) is 0 Å². The molecule has 1 unspecified atom stereocenters. The van der Waals surface area contributed by atoms with Crippen molar-refractivity contribution in [3.05, 3.63) is 63.1 Å². The summed E-state index contributed by atoms with van der Waals surface area (Å²) in [4.78, 5) is 11.4. The van der Waals surface area contributed by atoms with E-state index in [0.29, 0.717) is 0 Å². The Bertz CT molecular complexity index is 663. The molecule has 0 aliphatic carbocycles. The predicted molar refractivity (Wildman–Crippen MR) is 84.4 cm³/mol. The maximum absolute atomic E-state index is 11.4. The van der Waals surface area contributed by atoms with Crippen molar-refractivity contribution in [3.8, 4) is 0 Å². The van der Waals surface area contributed by atoms with Crippen LogP contribution in [0, 0.1) is 20.8 Å². The predicted octanol–water partition coefficient (Wildman–Crippen LogP) is 3.48. The normalized spacial score (nSPS) is 12.2. The molecule has 1 aromatic carbocycles. The monoisotopic (exact) mass is 270 g/mol. The Labute approximate surface area is 120 Å². The Kier molecular flexibility index (Phi) is 3.98. The molecule has 0 aliphatic heterocycles. The van der Waals surface area contributed by atoms with Crippen LogP contribution in [-0.2, 0) is 7.05 Å². The smallest absolute Gasteiger partial charge is 0.250 e. The summed E-state index contributed by atoms with van der Waals surface area (Å²) in [6.07, 6.45) is 1.83. The van der Waals surface area contributed by atoms with Crippen molar-refractivity contribution >= 4 is 5.69 Å². The lowest BCUT2D eigenvalue weighted by molar-refractivity contribution is 0.832. The number of nitrogens with one attached hydrogen (secondary N) is 1. The van der Waals surface area contributed by atoms with Crippen LogP contribution in [0.5, 0.6) is 0 Å². The molecule has 0 spiro atoms. The number of nitrogens with zero attached hydrogens (tertiary/aromatic N) is 1. The average molecular weight is 270 g/mol. The zero-order chi connectivity index (χ0) is 14.9. The number of benzene rings is 1. The number of aryl methyl sites for hydroxylation is 4. The molecule has 0 fully saturated rings. The van der Waals surface area contributed by atoms with Gasteiger partial charge in [-0.3, -0.25) is 4.79 Å². The van der Waals surface area contributed by atoms with Crippen molar-refractivity contribution in [2.45, 2.75) is 33.7 Å². The van der Waals surface area contributed by atoms with E-state index in [1.807, 2.05) is 12.3 Å². The van der Waals surface area contributed by atoms with E-state index in [4.69, 9.17) is 0 Å². The molecule has 0 aliphatic rings. The first-order valence-corrected chi connectivity index (χ1v) is 6.89. The van der Waals surface area contributed by atoms with E-state index in [-0.39, 0.29) is 11.6 Å². The number of aromatic nitrogens is 1. The van der Waals surface area contributed by atoms with Crippen molar-refractivity contribution in [1.82, 2.24) is 4.57 Å². The third-order valence-electron chi connectivity index (χ3n) is 3.64. The van der Waals surface area contributed by atoms with Gasteiger partial charge in [-0.15, -0.1) is 0 Å². The highest BCUT2D eigenvalue weighted by molar-refractivity contribution is 5.47. The first-order valence-electron chi connectivity index (χ1n) is 6.89. The summed E-state index contributed by atoms with van der Waals surface area (Å²) in [5, 5.41) is 3.47. The van der Waals surface area contributed by atoms with Crippen molar-refractivity contribution < 1.29 is 0 Å². The quantitative estimate of drug-likeness (QED) is 0.926. The molecule has 0 saturated heterocycles. The SMILES string of the molecule is Cc1cc(C)c(C(C)Nc2ccc(=O)n(C)c2)c(C)c1. The van der Waals surface area contributed by atoms with Gasteiger partial charge in [-0.05, 0) is 50.5 Å². The summed E-state index contributed by atoms with van der Waals surface area (Å²) in [5.41, 5.74) is 6.17. The van der Waals surface area contributed by atoms with Gasteiger partial charge in [-0.25, -0.2) is 0 Å². The van der Waals surface area contributed by atoms with Crippen molar-refractivity contribution in [2.24, 2.45) is 7.05 Å². The molecule has 1 heterocycles. The minimum atomic E-state index is 0.00546. The first kappa shape index (κ1) is 14.4. The highest BCUT2D eigenvalue weighted by atomic mass is 16.1. The Hall–Kier alpha value is -2.03. The number of anilines is 1. The fourth-order valence-electron chi connectivity index (χ4n) is 2.88.